The quantitative estimate of drug-likeness (QED) is 0.0789. The molecule has 41 heavy (non-hydrogen) atoms. The van der Waals surface area contributed by atoms with Crippen LogP contribution < -0.4 is 5.48 Å². The van der Waals surface area contributed by atoms with Gasteiger partial charge in [0.25, 0.3) is 0 Å². The molecular weight excluding hydrogens is 541 g/mol. The van der Waals surface area contributed by atoms with Crippen molar-refractivity contribution in [2.75, 3.05) is 25.5 Å². The van der Waals surface area contributed by atoms with Gasteiger partial charge in [-0.2, -0.15) is 0 Å². The number of nitrogens with one attached hydrogen (secondary N) is 1. The zero-order valence-electron chi connectivity index (χ0n) is 22.8. The normalized spacial score (nSPS) is 12.9. The van der Waals surface area contributed by atoms with Gasteiger partial charge in [0.2, 0.25) is 0 Å². The maximum Gasteiger partial charge on any atom is 0.350 e. The SMILES string of the molecule is CONc1nc(C(c2ccccc2)(c2ccccc2)c2ccccc2)nc2c1ncn2C(C)CCOCP(=O)(O)O. The number of anilines is 1. The molecule has 3 aromatic carbocycles. The largest absolute Gasteiger partial charge is 0.369 e. The zero-order valence-corrected chi connectivity index (χ0v) is 23.7. The van der Waals surface area contributed by atoms with Crippen molar-refractivity contribution in [3.05, 3.63) is 120 Å². The second-order valence-electron chi connectivity index (χ2n) is 9.71. The molecule has 0 fully saturated rings. The van der Waals surface area contributed by atoms with Crippen LogP contribution in [-0.4, -0.2) is 49.4 Å². The number of ether oxygens (including phenoxy) is 1. The summed E-state index contributed by atoms with van der Waals surface area (Å²) in [7, 11) is -2.72. The third-order valence-electron chi connectivity index (χ3n) is 6.99. The van der Waals surface area contributed by atoms with Gasteiger partial charge in [0, 0.05) is 12.6 Å². The summed E-state index contributed by atoms with van der Waals surface area (Å²) in [5, 5.41) is 0. The highest BCUT2D eigenvalue weighted by Gasteiger charge is 2.42. The van der Waals surface area contributed by atoms with E-state index in [4.69, 9.17) is 29.3 Å². The Kier molecular flexibility index (Phi) is 8.58. The van der Waals surface area contributed by atoms with Crippen LogP contribution in [-0.2, 0) is 19.6 Å². The van der Waals surface area contributed by atoms with Gasteiger partial charge in [-0.1, -0.05) is 91.0 Å². The summed E-state index contributed by atoms with van der Waals surface area (Å²) < 4.78 is 18.3. The van der Waals surface area contributed by atoms with Crippen molar-refractivity contribution in [1.82, 2.24) is 19.5 Å². The summed E-state index contributed by atoms with van der Waals surface area (Å²) >= 11 is 0. The van der Waals surface area contributed by atoms with Gasteiger partial charge in [0.1, 0.15) is 11.8 Å². The van der Waals surface area contributed by atoms with Crippen molar-refractivity contribution in [3.63, 3.8) is 0 Å². The van der Waals surface area contributed by atoms with Gasteiger partial charge in [0.05, 0.1) is 13.4 Å². The second-order valence-corrected chi connectivity index (χ2v) is 11.3. The summed E-state index contributed by atoms with van der Waals surface area (Å²) in [5.41, 5.74) is 6.11. The van der Waals surface area contributed by atoms with E-state index < -0.39 is 19.4 Å². The molecule has 0 aliphatic heterocycles. The van der Waals surface area contributed by atoms with Crippen LogP contribution in [0.5, 0.6) is 0 Å². The maximum atomic E-state index is 11.2. The predicted octanol–water partition coefficient (Wildman–Crippen LogP) is 5.29. The summed E-state index contributed by atoms with van der Waals surface area (Å²) in [6.07, 6.45) is 1.55. The third kappa shape index (κ3) is 5.93. The lowest BCUT2D eigenvalue weighted by Gasteiger charge is -2.34. The lowest BCUT2D eigenvalue weighted by atomic mass is 9.68. The third-order valence-corrected chi connectivity index (χ3v) is 7.51. The average Bonchev–Trinajstić information content (AvgIpc) is 3.42. The first-order chi connectivity index (χ1) is 19.8. The van der Waals surface area contributed by atoms with E-state index in [9.17, 15) is 4.57 Å². The Hall–Kier alpha value is -3.92. The predicted molar refractivity (Wildman–Crippen MR) is 156 cm³/mol. The Morgan fingerprint density at radius 3 is 1.93 bits per heavy atom. The summed E-state index contributed by atoms with van der Waals surface area (Å²) in [6, 6.07) is 30.3. The average molecular weight is 574 g/mol. The Labute approximate surface area is 238 Å². The Morgan fingerprint density at radius 1 is 0.902 bits per heavy atom. The first kappa shape index (κ1) is 28.6. The van der Waals surface area contributed by atoms with Crippen LogP contribution >= 0.6 is 7.60 Å². The highest BCUT2D eigenvalue weighted by atomic mass is 31.2. The van der Waals surface area contributed by atoms with Gasteiger partial charge < -0.3 is 19.1 Å². The molecule has 0 bridgehead atoms. The maximum absolute atomic E-state index is 11.2. The van der Waals surface area contributed by atoms with E-state index >= 15 is 0 Å². The van der Waals surface area contributed by atoms with E-state index in [1.54, 1.807) is 6.33 Å². The molecule has 2 heterocycles. The summed E-state index contributed by atoms with van der Waals surface area (Å²) in [5.74, 6) is 0.947. The van der Waals surface area contributed by atoms with Crippen LogP contribution in [0.1, 0.15) is 41.9 Å². The van der Waals surface area contributed by atoms with Crippen LogP contribution in [0.3, 0.4) is 0 Å². The summed E-state index contributed by atoms with van der Waals surface area (Å²) in [4.78, 5) is 38.4. The molecule has 5 rings (SSSR count). The minimum atomic E-state index is -4.24. The Balaban J connectivity index is 1.72. The molecular formula is C30H32N5O5P. The molecule has 0 aliphatic carbocycles. The van der Waals surface area contributed by atoms with Crippen LogP contribution in [0.15, 0.2) is 97.3 Å². The number of benzene rings is 3. The number of nitrogens with zero attached hydrogens (tertiary/aromatic N) is 4. The minimum Gasteiger partial charge on any atom is -0.369 e. The van der Waals surface area contributed by atoms with Crippen LogP contribution in [0, 0.1) is 0 Å². The standard InChI is InChI=1S/C30H32N5O5P/c1-22(18-19-40-21-41(36,37)38)35-20-31-26-27(34-39-2)32-29(33-28(26)35)30(23-12-6-3-7-13-23,24-14-8-4-9-15-24)25-16-10-5-11-17-25/h3-17,20,22H,18-19,21H2,1-2H3,(H,32,33,34)(H2,36,37,38). The molecule has 10 nitrogen and oxygen atoms in total. The highest BCUT2D eigenvalue weighted by Crippen LogP contribution is 2.44. The highest BCUT2D eigenvalue weighted by molar-refractivity contribution is 7.51. The van der Waals surface area contributed by atoms with Gasteiger partial charge in [-0.05, 0) is 30.0 Å². The fraction of sp³-hybridized carbons (Fsp3) is 0.233. The van der Waals surface area contributed by atoms with Crippen LogP contribution in [0.4, 0.5) is 5.82 Å². The van der Waals surface area contributed by atoms with E-state index in [0.717, 1.165) is 16.7 Å². The zero-order chi connectivity index (χ0) is 28.9. The number of aromatic nitrogens is 4. The summed E-state index contributed by atoms with van der Waals surface area (Å²) in [6.45, 7) is 2.14. The van der Waals surface area contributed by atoms with E-state index in [-0.39, 0.29) is 12.6 Å². The molecule has 1 atom stereocenters. The van der Waals surface area contributed by atoms with Gasteiger partial charge >= 0.3 is 7.60 Å². The molecule has 1 unspecified atom stereocenters. The van der Waals surface area contributed by atoms with Crippen LogP contribution in [0.2, 0.25) is 0 Å². The van der Waals surface area contributed by atoms with E-state index in [0.29, 0.717) is 29.2 Å². The number of hydrogen-bond acceptors (Lipinski definition) is 7. The minimum absolute atomic E-state index is 0.144. The lowest BCUT2D eigenvalue weighted by Crippen LogP contribution is -2.33. The molecule has 3 N–H and O–H groups in total. The second kappa shape index (κ2) is 12.3. The molecule has 0 saturated heterocycles. The van der Waals surface area contributed by atoms with E-state index in [1.807, 2.05) is 66.1 Å². The van der Waals surface area contributed by atoms with Gasteiger partial charge in [-0.3, -0.25) is 9.40 Å². The van der Waals surface area contributed by atoms with Crippen LogP contribution in [0.25, 0.3) is 11.2 Å². The molecule has 2 aromatic heterocycles. The number of hydrogen-bond donors (Lipinski definition) is 3. The van der Waals surface area contributed by atoms with Crippen molar-refractivity contribution >= 4 is 24.6 Å². The fourth-order valence-electron chi connectivity index (χ4n) is 5.10. The van der Waals surface area contributed by atoms with Crippen molar-refractivity contribution in [2.24, 2.45) is 0 Å². The monoisotopic (exact) mass is 573 g/mol. The smallest absolute Gasteiger partial charge is 0.350 e. The molecule has 0 saturated carbocycles. The van der Waals surface area contributed by atoms with Gasteiger partial charge in [-0.25, -0.2) is 20.4 Å². The molecule has 212 valence electrons. The molecule has 0 radical (unpaired) electrons. The molecule has 0 aliphatic rings. The lowest BCUT2D eigenvalue weighted by molar-refractivity contribution is 0.145. The molecule has 11 heteroatoms. The number of fused-ring (bicyclic) bond motifs is 1. The van der Waals surface area contributed by atoms with Crippen molar-refractivity contribution in [2.45, 2.75) is 24.8 Å². The van der Waals surface area contributed by atoms with Gasteiger partial charge in [-0.15, -0.1) is 0 Å². The first-order valence-electron chi connectivity index (χ1n) is 13.2. The molecule has 5 aromatic rings. The van der Waals surface area contributed by atoms with Crippen molar-refractivity contribution in [1.29, 1.82) is 0 Å². The van der Waals surface area contributed by atoms with Crippen molar-refractivity contribution in [3.8, 4) is 0 Å². The fourth-order valence-corrected chi connectivity index (χ4v) is 5.47. The number of rotatable bonds is 12. The molecule has 0 spiro atoms. The van der Waals surface area contributed by atoms with Crippen molar-refractivity contribution < 1.29 is 23.9 Å². The molecule has 0 amide bonds. The first-order valence-corrected chi connectivity index (χ1v) is 15.0. The Bertz CT molecular complexity index is 1530. The van der Waals surface area contributed by atoms with E-state index in [2.05, 4.69) is 46.9 Å². The topological polar surface area (TPSA) is 132 Å². The number of imidazole rings is 1. The van der Waals surface area contributed by atoms with E-state index in [1.165, 1.54) is 7.11 Å². The van der Waals surface area contributed by atoms with Gasteiger partial charge in [0.15, 0.2) is 22.8 Å². The Morgan fingerprint density at radius 2 is 1.44 bits per heavy atom.